The Labute approximate surface area is 115 Å². The van der Waals surface area contributed by atoms with Crippen molar-refractivity contribution >= 4 is 16.9 Å². The zero-order chi connectivity index (χ0) is 12.5. The van der Waals surface area contributed by atoms with E-state index in [1.165, 1.54) is 43.7 Å². The fourth-order valence-electron chi connectivity index (χ4n) is 3.48. The predicted octanol–water partition coefficient (Wildman–Crippen LogP) is 3.67. The molecule has 2 saturated carbocycles. The van der Waals surface area contributed by atoms with Gasteiger partial charge in [0.05, 0.1) is 6.54 Å². The Morgan fingerprint density at radius 2 is 1.94 bits per heavy atom. The molecule has 3 aliphatic rings. The lowest BCUT2D eigenvalue weighted by Crippen LogP contribution is -2.42. The average Bonchev–Trinajstić information content (AvgIpc) is 3.11. The van der Waals surface area contributed by atoms with E-state index in [2.05, 4.69) is 19.2 Å². The van der Waals surface area contributed by atoms with Crippen LogP contribution in [0.5, 0.6) is 0 Å². The first kappa shape index (κ1) is 12.8. The number of amidine groups is 1. The molecule has 0 aromatic carbocycles. The molecule has 1 heterocycles. The van der Waals surface area contributed by atoms with Gasteiger partial charge in [-0.2, -0.15) is 0 Å². The fourth-order valence-corrected chi connectivity index (χ4v) is 4.75. The highest BCUT2D eigenvalue weighted by Crippen LogP contribution is 2.42. The Hall–Kier alpha value is -0.180. The number of hydrogen-bond donors (Lipinski definition) is 1. The molecule has 0 amide bonds. The molecule has 0 aromatic heterocycles. The second kappa shape index (κ2) is 5.44. The van der Waals surface area contributed by atoms with Crippen molar-refractivity contribution < 1.29 is 0 Å². The topological polar surface area (TPSA) is 24.4 Å². The van der Waals surface area contributed by atoms with Gasteiger partial charge in [-0.3, -0.25) is 4.99 Å². The summed E-state index contributed by atoms with van der Waals surface area (Å²) in [5, 5.41) is 5.83. The molecule has 3 atom stereocenters. The van der Waals surface area contributed by atoms with Crippen LogP contribution in [-0.2, 0) is 0 Å². The Kier molecular flexibility index (Phi) is 3.88. The zero-order valence-corrected chi connectivity index (χ0v) is 12.5. The van der Waals surface area contributed by atoms with E-state index in [0.717, 1.165) is 29.5 Å². The van der Waals surface area contributed by atoms with Crippen molar-refractivity contribution in [3.63, 3.8) is 0 Å². The highest BCUT2D eigenvalue weighted by atomic mass is 32.2. The second-order valence-corrected chi connectivity index (χ2v) is 7.81. The molecular formula is C15H26N2S. The van der Waals surface area contributed by atoms with E-state index in [9.17, 15) is 0 Å². The van der Waals surface area contributed by atoms with E-state index >= 15 is 0 Å². The molecule has 102 valence electrons. The number of hydrogen-bond acceptors (Lipinski definition) is 3. The highest BCUT2D eigenvalue weighted by Gasteiger charge is 2.36. The van der Waals surface area contributed by atoms with Crippen LogP contribution in [0.2, 0.25) is 0 Å². The molecule has 0 bridgehead atoms. The third-order valence-electron chi connectivity index (χ3n) is 4.81. The molecule has 3 rings (SSSR count). The molecule has 18 heavy (non-hydrogen) atoms. The van der Waals surface area contributed by atoms with Crippen LogP contribution in [0.4, 0.5) is 0 Å². The van der Waals surface area contributed by atoms with Gasteiger partial charge >= 0.3 is 0 Å². The van der Waals surface area contributed by atoms with E-state index in [-0.39, 0.29) is 0 Å². The van der Waals surface area contributed by atoms with Gasteiger partial charge in [-0.1, -0.05) is 38.5 Å². The molecule has 1 N–H and O–H groups in total. The molecule has 0 saturated heterocycles. The van der Waals surface area contributed by atoms with Crippen LogP contribution in [0, 0.1) is 17.8 Å². The second-order valence-electron chi connectivity index (χ2n) is 6.58. The van der Waals surface area contributed by atoms with Crippen LogP contribution >= 0.6 is 11.8 Å². The van der Waals surface area contributed by atoms with Crippen molar-refractivity contribution in [2.75, 3.05) is 6.54 Å². The SMILES string of the molecule is CC(C)C1CCCCC1NC1=NCC(C2CC2)S1. The normalized spacial score (nSPS) is 36.8. The minimum absolute atomic E-state index is 0.683. The lowest BCUT2D eigenvalue weighted by Gasteiger charge is -2.35. The van der Waals surface area contributed by atoms with Crippen LogP contribution < -0.4 is 5.32 Å². The van der Waals surface area contributed by atoms with Gasteiger partial charge in [0.1, 0.15) is 0 Å². The minimum atomic E-state index is 0.683. The summed E-state index contributed by atoms with van der Waals surface area (Å²) in [6.07, 6.45) is 8.45. The summed E-state index contributed by atoms with van der Waals surface area (Å²) < 4.78 is 0. The highest BCUT2D eigenvalue weighted by molar-refractivity contribution is 8.14. The molecule has 0 spiro atoms. The summed E-state index contributed by atoms with van der Waals surface area (Å²) in [5.74, 6) is 2.63. The molecule has 2 nitrogen and oxygen atoms in total. The molecule has 2 fully saturated rings. The van der Waals surface area contributed by atoms with Gasteiger partial charge in [0, 0.05) is 11.3 Å². The first-order chi connectivity index (χ1) is 8.74. The van der Waals surface area contributed by atoms with Gasteiger partial charge in [0.2, 0.25) is 0 Å². The Bertz CT molecular complexity index is 322. The first-order valence-electron chi connectivity index (χ1n) is 7.71. The Morgan fingerprint density at radius 1 is 1.17 bits per heavy atom. The maximum absolute atomic E-state index is 4.73. The van der Waals surface area contributed by atoms with E-state index in [1.54, 1.807) is 0 Å². The molecular weight excluding hydrogens is 240 g/mol. The van der Waals surface area contributed by atoms with Gasteiger partial charge in [0.25, 0.3) is 0 Å². The van der Waals surface area contributed by atoms with Crippen LogP contribution in [0.1, 0.15) is 52.4 Å². The van der Waals surface area contributed by atoms with Crippen LogP contribution in [-0.4, -0.2) is 23.0 Å². The van der Waals surface area contributed by atoms with E-state index in [1.807, 2.05) is 11.8 Å². The summed E-state index contributed by atoms with van der Waals surface area (Å²) in [6, 6.07) is 0.683. The van der Waals surface area contributed by atoms with Gasteiger partial charge in [0.15, 0.2) is 5.17 Å². The standard InChI is InChI=1S/C15H26N2S/c1-10(2)12-5-3-4-6-13(12)17-15-16-9-14(18-15)11-7-8-11/h10-14H,3-9H2,1-2H3,(H,16,17). The van der Waals surface area contributed by atoms with Crippen molar-refractivity contribution in [2.24, 2.45) is 22.7 Å². The van der Waals surface area contributed by atoms with Gasteiger partial charge in [-0.25, -0.2) is 0 Å². The van der Waals surface area contributed by atoms with Crippen molar-refractivity contribution in [2.45, 2.75) is 63.7 Å². The van der Waals surface area contributed by atoms with Crippen molar-refractivity contribution in [1.82, 2.24) is 5.32 Å². The molecule has 3 unspecified atom stereocenters. The lowest BCUT2D eigenvalue weighted by atomic mass is 9.78. The van der Waals surface area contributed by atoms with Crippen molar-refractivity contribution in [1.29, 1.82) is 0 Å². The smallest absolute Gasteiger partial charge is 0.157 e. The molecule has 1 aliphatic heterocycles. The van der Waals surface area contributed by atoms with Gasteiger partial charge < -0.3 is 5.32 Å². The third-order valence-corrected chi connectivity index (χ3v) is 6.12. The summed E-state index contributed by atoms with van der Waals surface area (Å²) in [6.45, 7) is 5.82. The lowest BCUT2D eigenvalue weighted by molar-refractivity contribution is 0.225. The maximum Gasteiger partial charge on any atom is 0.157 e. The van der Waals surface area contributed by atoms with E-state index in [0.29, 0.717) is 6.04 Å². The first-order valence-corrected chi connectivity index (χ1v) is 8.59. The Morgan fingerprint density at radius 3 is 2.67 bits per heavy atom. The minimum Gasteiger partial charge on any atom is -0.362 e. The predicted molar refractivity (Wildman–Crippen MR) is 80.1 cm³/mol. The summed E-state index contributed by atoms with van der Waals surface area (Å²) in [7, 11) is 0. The largest absolute Gasteiger partial charge is 0.362 e. The maximum atomic E-state index is 4.73. The fraction of sp³-hybridized carbons (Fsp3) is 0.933. The third kappa shape index (κ3) is 2.87. The summed E-state index contributed by atoms with van der Waals surface area (Å²) in [4.78, 5) is 4.73. The molecule has 0 radical (unpaired) electrons. The van der Waals surface area contributed by atoms with Crippen LogP contribution in [0.15, 0.2) is 4.99 Å². The zero-order valence-electron chi connectivity index (χ0n) is 11.7. The number of thioether (sulfide) groups is 1. The Balaban J connectivity index is 1.54. The number of aliphatic imine (C=N–C) groups is 1. The summed E-state index contributed by atoms with van der Waals surface area (Å²) >= 11 is 2.03. The number of nitrogens with one attached hydrogen (secondary N) is 1. The van der Waals surface area contributed by atoms with Crippen LogP contribution in [0.3, 0.4) is 0 Å². The monoisotopic (exact) mass is 266 g/mol. The molecule has 0 aromatic rings. The number of rotatable bonds is 3. The quantitative estimate of drug-likeness (QED) is 0.843. The van der Waals surface area contributed by atoms with Crippen molar-refractivity contribution in [3.8, 4) is 0 Å². The molecule has 2 aliphatic carbocycles. The van der Waals surface area contributed by atoms with Crippen molar-refractivity contribution in [3.05, 3.63) is 0 Å². The van der Waals surface area contributed by atoms with Crippen LogP contribution in [0.25, 0.3) is 0 Å². The number of nitrogens with zero attached hydrogens (tertiary/aromatic N) is 1. The van der Waals surface area contributed by atoms with Gasteiger partial charge in [-0.15, -0.1) is 0 Å². The van der Waals surface area contributed by atoms with E-state index in [4.69, 9.17) is 4.99 Å². The van der Waals surface area contributed by atoms with Gasteiger partial charge in [-0.05, 0) is 43.4 Å². The summed E-state index contributed by atoms with van der Waals surface area (Å²) in [5.41, 5.74) is 0. The van der Waals surface area contributed by atoms with E-state index < -0.39 is 0 Å². The molecule has 3 heteroatoms. The average molecular weight is 266 g/mol.